The third kappa shape index (κ3) is 3.45. The van der Waals surface area contributed by atoms with E-state index < -0.39 is 5.60 Å². The predicted octanol–water partition coefficient (Wildman–Crippen LogP) is 2.10. The van der Waals surface area contributed by atoms with E-state index in [1.165, 1.54) is 0 Å². The summed E-state index contributed by atoms with van der Waals surface area (Å²) >= 11 is 0. The third-order valence-electron chi connectivity index (χ3n) is 4.15. The van der Waals surface area contributed by atoms with Crippen LogP contribution in [0.3, 0.4) is 0 Å². The Kier molecular flexibility index (Phi) is 4.42. The topological polar surface area (TPSA) is 48.4 Å². The zero-order valence-electron chi connectivity index (χ0n) is 12.2. The highest BCUT2D eigenvalue weighted by Crippen LogP contribution is 2.31. The van der Waals surface area contributed by atoms with E-state index in [1.807, 2.05) is 26.4 Å². The molecule has 4 nitrogen and oxygen atoms in total. The normalized spacial score (nSPS) is 19.4. The SMILES string of the molecule is CNC(C)c1ccc(N(C)CC2(O)CCCC2)cn1. The van der Waals surface area contributed by atoms with Crippen molar-refractivity contribution in [1.82, 2.24) is 10.3 Å². The van der Waals surface area contributed by atoms with Crippen LogP contribution in [0, 0.1) is 0 Å². The molecule has 1 aliphatic carbocycles. The van der Waals surface area contributed by atoms with Crippen LogP contribution in [-0.2, 0) is 0 Å². The first kappa shape index (κ1) is 14.3. The average Bonchev–Trinajstić information content (AvgIpc) is 2.84. The van der Waals surface area contributed by atoms with E-state index in [9.17, 15) is 5.11 Å². The zero-order valence-corrected chi connectivity index (χ0v) is 12.2. The quantitative estimate of drug-likeness (QED) is 0.854. The fourth-order valence-corrected chi connectivity index (χ4v) is 2.75. The van der Waals surface area contributed by atoms with Crippen LogP contribution in [-0.4, -0.2) is 36.3 Å². The lowest BCUT2D eigenvalue weighted by atomic mass is 10.0. The van der Waals surface area contributed by atoms with Crippen molar-refractivity contribution in [2.24, 2.45) is 0 Å². The van der Waals surface area contributed by atoms with Gasteiger partial charge >= 0.3 is 0 Å². The lowest BCUT2D eigenvalue weighted by Gasteiger charge is -2.30. The second kappa shape index (κ2) is 5.88. The number of aliphatic hydroxyl groups is 1. The minimum Gasteiger partial charge on any atom is -0.388 e. The lowest BCUT2D eigenvalue weighted by molar-refractivity contribution is 0.0559. The Balaban J connectivity index is 2.01. The molecule has 0 amide bonds. The van der Waals surface area contributed by atoms with Crippen LogP contribution in [0.4, 0.5) is 5.69 Å². The number of likely N-dealkylation sites (N-methyl/N-ethyl adjacent to an activating group) is 1. The van der Waals surface area contributed by atoms with Gasteiger partial charge in [-0.05, 0) is 38.9 Å². The van der Waals surface area contributed by atoms with Gasteiger partial charge in [-0.2, -0.15) is 0 Å². The van der Waals surface area contributed by atoms with Crippen LogP contribution in [0.25, 0.3) is 0 Å². The summed E-state index contributed by atoms with van der Waals surface area (Å²) in [7, 11) is 3.95. The van der Waals surface area contributed by atoms with Gasteiger partial charge in [-0.25, -0.2) is 0 Å². The number of pyridine rings is 1. The third-order valence-corrected chi connectivity index (χ3v) is 4.15. The Bertz CT molecular complexity index is 398. The predicted molar refractivity (Wildman–Crippen MR) is 78.4 cm³/mol. The van der Waals surface area contributed by atoms with Gasteiger partial charge < -0.3 is 15.3 Å². The molecule has 0 saturated heterocycles. The Morgan fingerprint density at radius 2 is 2.11 bits per heavy atom. The molecule has 1 unspecified atom stereocenters. The molecule has 0 spiro atoms. The first-order chi connectivity index (χ1) is 9.04. The molecule has 0 aliphatic heterocycles. The lowest BCUT2D eigenvalue weighted by Crippen LogP contribution is -2.39. The van der Waals surface area contributed by atoms with Crippen LogP contribution < -0.4 is 10.2 Å². The van der Waals surface area contributed by atoms with Crippen molar-refractivity contribution in [1.29, 1.82) is 0 Å². The summed E-state index contributed by atoms with van der Waals surface area (Å²) in [6.45, 7) is 2.78. The first-order valence-electron chi connectivity index (χ1n) is 7.11. The number of rotatable bonds is 5. The molecule has 2 rings (SSSR count). The standard InChI is InChI=1S/C15H25N3O/c1-12(16-2)14-7-6-13(10-17-14)18(3)11-15(19)8-4-5-9-15/h6-7,10,12,16,19H,4-5,8-9,11H2,1-3H3. The molecule has 19 heavy (non-hydrogen) atoms. The Morgan fingerprint density at radius 3 is 2.63 bits per heavy atom. The molecule has 106 valence electrons. The van der Waals surface area contributed by atoms with E-state index in [4.69, 9.17) is 0 Å². The van der Waals surface area contributed by atoms with E-state index in [0.29, 0.717) is 6.54 Å². The van der Waals surface area contributed by atoms with Crippen molar-refractivity contribution in [3.63, 3.8) is 0 Å². The molecule has 1 saturated carbocycles. The van der Waals surface area contributed by atoms with Gasteiger partial charge in [0, 0.05) is 19.6 Å². The maximum absolute atomic E-state index is 10.4. The van der Waals surface area contributed by atoms with Gasteiger partial charge in [0.25, 0.3) is 0 Å². The van der Waals surface area contributed by atoms with E-state index in [0.717, 1.165) is 37.1 Å². The summed E-state index contributed by atoms with van der Waals surface area (Å²) in [6, 6.07) is 4.39. The summed E-state index contributed by atoms with van der Waals surface area (Å²) in [5.74, 6) is 0. The maximum atomic E-state index is 10.4. The van der Waals surface area contributed by atoms with E-state index in [-0.39, 0.29) is 6.04 Å². The number of anilines is 1. The molecule has 1 atom stereocenters. The van der Waals surface area contributed by atoms with Crippen LogP contribution in [0.2, 0.25) is 0 Å². The molecule has 0 radical (unpaired) electrons. The van der Waals surface area contributed by atoms with Crippen molar-refractivity contribution >= 4 is 5.69 Å². The van der Waals surface area contributed by atoms with Crippen LogP contribution in [0.1, 0.15) is 44.3 Å². The van der Waals surface area contributed by atoms with Gasteiger partial charge in [-0.15, -0.1) is 0 Å². The van der Waals surface area contributed by atoms with Gasteiger partial charge in [-0.3, -0.25) is 4.98 Å². The second-order valence-corrected chi connectivity index (χ2v) is 5.74. The number of nitrogens with zero attached hydrogens (tertiary/aromatic N) is 2. The number of aromatic nitrogens is 1. The molecule has 1 heterocycles. The molecule has 1 fully saturated rings. The molecule has 1 aromatic heterocycles. The summed E-state index contributed by atoms with van der Waals surface area (Å²) in [6.07, 6.45) is 6.00. The zero-order chi connectivity index (χ0) is 13.9. The highest BCUT2D eigenvalue weighted by atomic mass is 16.3. The maximum Gasteiger partial charge on any atom is 0.0821 e. The number of nitrogens with one attached hydrogen (secondary N) is 1. The summed E-state index contributed by atoms with van der Waals surface area (Å²) in [4.78, 5) is 6.59. The molecule has 0 bridgehead atoms. The highest BCUT2D eigenvalue weighted by molar-refractivity contribution is 5.44. The van der Waals surface area contributed by atoms with Crippen LogP contribution in [0.5, 0.6) is 0 Å². The first-order valence-corrected chi connectivity index (χ1v) is 7.11. The largest absolute Gasteiger partial charge is 0.388 e. The molecule has 4 heteroatoms. The summed E-state index contributed by atoms with van der Waals surface area (Å²) in [5, 5.41) is 13.6. The Labute approximate surface area is 115 Å². The molecule has 0 aromatic carbocycles. The Morgan fingerprint density at radius 1 is 1.42 bits per heavy atom. The van der Waals surface area contributed by atoms with Crippen molar-refractivity contribution in [3.05, 3.63) is 24.0 Å². The Hall–Kier alpha value is -1.13. The average molecular weight is 263 g/mol. The van der Waals surface area contributed by atoms with E-state index in [2.05, 4.69) is 28.2 Å². The van der Waals surface area contributed by atoms with Crippen molar-refractivity contribution in [2.45, 2.75) is 44.2 Å². The van der Waals surface area contributed by atoms with Crippen molar-refractivity contribution in [3.8, 4) is 0 Å². The summed E-state index contributed by atoms with van der Waals surface area (Å²) < 4.78 is 0. The monoisotopic (exact) mass is 263 g/mol. The van der Waals surface area contributed by atoms with Crippen LogP contribution in [0.15, 0.2) is 18.3 Å². The minimum absolute atomic E-state index is 0.262. The van der Waals surface area contributed by atoms with E-state index in [1.54, 1.807) is 0 Å². The number of hydrogen-bond donors (Lipinski definition) is 2. The van der Waals surface area contributed by atoms with Gasteiger partial charge in [0.05, 0.1) is 23.2 Å². The van der Waals surface area contributed by atoms with E-state index >= 15 is 0 Å². The number of hydrogen-bond acceptors (Lipinski definition) is 4. The van der Waals surface area contributed by atoms with Crippen molar-refractivity contribution in [2.75, 3.05) is 25.5 Å². The second-order valence-electron chi connectivity index (χ2n) is 5.74. The minimum atomic E-state index is -0.508. The highest BCUT2D eigenvalue weighted by Gasteiger charge is 2.32. The smallest absolute Gasteiger partial charge is 0.0821 e. The molecule has 2 N–H and O–H groups in total. The van der Waals surface area contributed by atoms with Crippen LogP contribution >= 0.6 is 0 Å². The molecule has 1 aromatic rings. The fourth-order valence-electron chi connectivity index (χ4n) is 2.75. The molecule has 1 aliphatic rings. The summed E-state index contributed by atoms with van der Waals surface area (Å²) in [5.41, 5.74) is 1.60. The van der Waals surface area contributed by atoms with Gasteiger partial charge in [0.2, 0.25) is 0 Å². The van der Waals surface area contributed by atoms with Gasteiger partial charge in [0.1, 0.15) is 0 Å². The molecular formula is C15H25N3O. The molecular weight excluding hydrogens is 238 g/mol. The van der Waals surface area contributed by atoms with Gasteiger partial charge in [-0.1, -0.05) is 12.8 Å². The van der Waals surface area contributed by atoms with Gasteiger partial charge in [0.15, 0.2) is 0 Å². The fraction of sp³-hybridized carbons (Fsp3) is 0.667. The van der Waals surface area contributed by atoms with Crippen molar-refractivity contribution < 1.29 is 5.11 Å².